The number of alkyl halides is 3. The van der Waals surface area contributed by atoms with E-state index in [-0.39, 0.29) is 5.16 Å². The van der Waals surface area contributed by atoms with Crippen LogP contribution >= 0.6 is 11.8 Å². The number of halogens is 3. The Balaban J connectivity index is 1.71. The van der Waals surface area contributed by atoms with Crippen LogP contribution in [0, 0.1) is 13.8 Å². The van der Waals surface area contributed by atoms with Crippen molar-refractivity contribution in [2.45, 2.75) is 30.9 Å². The number of hydrogen-bond donors (Lipinski definition) is 1. The van der Waals surface area contributed by atoms with Crippen LogP contribution in [0.3, 0.4) is 0 Å². The van der Waals surface area contributed by atoms with Crippen molar-refractivity contribution >= 4 is 11.8 Å². The molecule has 0 saturated heterocycles. The third kappa shape index (κ3) is 3.63. The van der Waals surface area contributed by atoms with Crippen molar-refractivity contribution in [1.82, 2.24) is 24.7 Å². The monoisotopic (exact) mass is 368 g/mol. The van der Waals surface area contributed by atoms with Crippen molar-refractivity contribution in [3.63, 3.8) is 0 Å². The first kappa shape index (κ1) is 17.3. The largest absolute Gasteiger partial charge is 0.453 e. The SMILES string of the molecule is Cc1cc(C)n(-c2ccc(CSc3nnc(C(F)(F)F)n3N)cc2)n1. The fourth-order valence-corrected chi connectivity index (χ4v) is 3.15. The average Bonchev–Trinajstić information content (AvgIpc) is 3.07. The van der Waals surface area contributed by atoms with Crippen molar-refractivity contribution in [1.29, 1.82) is 0 Å². The normalized spacial score (nSPS) is 11.9. The van der Waals surface area contributed by atoms with Gasteiger partial charge in [0.1, 0.15) is 0 Å². The van der Waals surface area contributed by atoms with Crippen molar-refractivity contribution in [3.05, 3.63) is 53.1 Å². The minimum atomic E-state index is -4.62. The van der Waals surface area contributed by atoms with Gasteiger partial charge in [0.25, 0.3) is 5.82 Å². The first-order valence-corrected chi connectivity index (χ1v) is 8.27. The maximum Gasteiger partial charge on any atom is 0.453 e. The van der Waals surface area contributed by atoms with Crippen molar-refractivity contribution < 1.29 is 13.2 Å². The molecule has 10 heteroatoms. The zero-order valence-electron chi connectivity index (χ0n) is 13.4. The van der Waals surface area contributed by atoms with E-state index < -0.39 is 12.0 Å². The van der Waals surface area contributed by atoms with Gasteiger partial charge >= 0.3 is 6.18 Å². The predicted molar refractivity (Wildman–Crippen MR) is 87.8 cm³/mol. The Labute approximate surface area is 145 Å². The lowest BCUT2D eigenvalue weighted by Gasteiger charge is -2.07. The minimum absolute atomic E-state index is 0.00921. The summed E-state index contributed by atoms with van der Waals surface area (Å²) in [5.74, 6) is 4.62. The number of benzene rings is 1. The van der Waals surface area contributed by atoms with Gasteiger partial charge in [-0.1, -0.05) is 23.9 Å². The fourth-order valence-electron chi connectivity index (χ4n) is 2.34. The van der Waals surface area contributed by atoms with E-state index in [0.29, 0.717) is 10.4 Å². The lowest BCUT2D eigenvalue weighted by Crippen LogP contribution is -2.21. The van der Waals surface area contributed by atoms with Gasteiger partial charge in [-0.15, -0.1) is 10.2 Å². The maximum absolute atomic E-state index is 12.6. The molecule has 0 atom stereocenters. The van der Waals surface area contributed by atoms with E-state index in [0.717, 1.165) is 34.4 Å². The molecule has 2 heterocycles. The Morgan fingerprint density at radius 1 is 1.12 bits per heavy atom. The molecule has 1 aromatic carbocycles. The Morgan fingerprint density at radius 3 is 2.32 bits per heavy atom. The number of aryl methyl sites for hydroxylation is 2. The molecule has 2 aromatic heterocycles. The van der Waals surface area contributed by atoms with Crippen molar-refractivity contribution in [3.8, 4) is 5.69 Å². The van der Waals surface area contributed by atoms with Gasteiger partial charge in [0, 0.05) is 11.4 Å². The predicted octanol–water partition coefficient (Wildman–Crippen LogP) is 3.11. The summed E-state index contributed by atoms with van der Waals surface area (Å²) in [4.78, 5) is 0. The molecule has 6 nitrogen and oxygen atoms in total. The van der Waals surface area contributed by atoms with Crippen LogP contribution < -0.4 is 5.84 Å². The van der Waals surface area contributed by atoms with Crippen LogP contribution in [0.2, 0.25) is 0 Å². The zero-order valence-corrected chi connectivity index (χ0v) is 14.3. The highest BCUT2D eigenvalue weighted by molar-refractivity contribution is 7.98. The minimum Gasteiger partial charge on any atom is -0.335 e. The summed E-state index contributed by atoms with van der Waals surface area (Å²) in [6.45, 7) is 3.89. The first-order chi connectivity index (χ1) is 11.8. The summed E-state index contributed by atoms with van der Waals surface area (Å²) in [7, 11) is 0. The molecule has 0 radical (unpaired) electrons. The number of thioether (sulfide) groups is 1. The second-order valence-electron chi connectivity index (χ2n) is 5.47. The second kappa shape index (κ2) is 6.43. The Morgan fingerprint density at radius 2 is 1.80 bits per heavy atom. The molecule has 0 saturated carbocycles. The summed E-state index contributed by atoms with van der Waals surface area (Å²) >= 11 is 1.09. The molecule has 132 valence electrons. The maximum atomic E-state index is 12.6. The molecule has 2 N–H and O–H groups in total. The van der Waals surface area contributed by atoms with Crippen LogP contribution in [-0.4, -0.2) is 24.7 Å². The first-order valence-electron chi connectivity index (χ1n) is 7.29. The molecule has 0 aliphatic heterocycles. The zero-order chi connectivity index (χ0) is 18.2. The molecule has 25 heavy (non-hydrogen) atoms. The molecule has 3 aromatic rings. The van der Waals surface area contributed by atoms with Crippen LogP contribution in [0.4, 0.5) is 13.2 Å². The Hall–Kier alpha value is -2.49. The van der Waals surface area contributed by atoms with E-state index in [2.05, 4.69) is 15.3 Å². The fraction of sp³-hybridized carbons (Fsp3) is 0.267. The van der Waals surface area contributed by atoms with E-state index in [1.165, 1.54) is 0 Å². The molecule has 0 aliphatic carbocycles. The third-order valence-electron chi connectivity index (χ3n) is 3.48. The summed E-state index contributed by atoms with van der Waals surface area (Å²) in [5, 5.41) is 11.0. The van der Waals surface area contributed by atoms with Gasteiger partial charge in [-0.3, -0.25) is 0 Å². The van der Waals surface area contributed by atoms with Crippen molar-refractivity contribution in [2.24, 2.45) is 0 Å². The highest BCUT2D eigenvalue weighted by Crippen LogP contribution is 2.29. The van der Waals surface area contributed by atoms with Gasteiger partial charge in [-0.05, 0) is 37.6 Å². The van der Waals surface area contributed by atoms with E-state index in [4.69, 9.17) is 5.84 Å². The number of nitrogens with two attached hydrogens (primary N) is 1. The molecule has 0 unspecified atom stereocenters. The van der Waals surface area contributed by atoms with E-state index in [1.807, 2.05) is 48.9 Å². The Bertz CT molecular complexity index is 882. The molecule has 0 amide bonds. The number of aromatic nitrogens is 5. The smallest absolute Gasteiger partial charge is 0.335 e. The average molecular weight is 368 g/mol. The summed E-state index contributed by atoms with van der Waals surface area (Å²) in [5.41, 5.74) is 3.79. The Kier molecular flexibility index (Phi) is 4.46. The highest BCUT2D eigenvalue weighted by Gasteiger charge is 2.38. The van der Waals surface area contributed by atoms with Crippen LogP contribution in [0.1, 0.15) is 22.8 Å². The lowest BCUT2D eigenvalue weighted by molar-refractivity contribution is -0.146. The van der Waals surface area contributed by atoms with Crippen LogP contribution in [0.5, 0.6) is 0 Å². The summed E-state index contributed by atoms with van der Waals surface area (Å²) in [6, 6.07) is 9.57. The van der Waals surface area contributed by atoms with Crippen LogP contribution in [-0.2, 0) is 11.9 Å². The number of nitrogens with zero attached hydrogens (tertiary/aromatic N) is 5. The molecule has 3 rings (SSSR count). The van der Waals surface area contributed by atoms with E-state index >= 15 is 0 Å². The highest BCUT2D eigenvalue weighted by atomic mass is 32.2. The summed E-state index contributed by atoms with van der Waals surface area (Å²) in [6.07, 6.45) is -4.62. The van der Waals surface area contributed by atoms with Gasteiger partial charge in [0.15, 0.2) is 0 Å². The van der Waals surface area contributed by atoms with Gasteiger partial charge < -0.3 is 5.84 Å². The van der Waals surface area contributed by atoms with Gasteiger partial charge in [0.05, 0.1) is 11.4 Å². The molecule has 0 aliphatic rings. The standard InChI is InChI=1S/C15H15F3N6S/c1-9-7-10(2)24(22-9)12-5-3-11(4-6-12)8-25-14-21-20-13(23(14)19)15(16,17)18/h3-7H,8,19H2,1-2H3. The third-order valence-corrected chi connectivity index (χ3v) is 4.49. The molecule has 0 spiro atoms. The summed E-state index contributed by atoms with van der Waals surface area (Å²) < 4.78 is 40.2. The van der Waals surface area contributed by atoms with Crippen LogP contribution in [0.25, 0.3) is 5.69 Å². The lowest BCUT2D eigenvalue weighted by atomic mass is 10.2. The topological polar surface area (TPSA) is 74.5 Å². The number of rotatable bonds is 4. The van der Waals surface area contributed by atoms with Crippen molar-refractivity contribution in [2.75, 3.05) is 5.84 Å². The van der Waals surface area contributed by atoms with Gasteiger partial charge in [-0.25, -0.2) is 9.36 Å². The molecular weight excluding hydrogens is 353 g/mol. The van der Waals surface area contributed by atoms with E-state index in [9.17, 15) is 13.2 Å². The number of hydrogen-bond acceptors (Lipinski definition) is 5. The molecular formula is C15H15F3N6S. The number of nitrogen functional groups attached to an aromatic ring is 1. The quantitative estimate of drug-likeness (QED) is 0.566. The molecule has 0 bridgehead atoms. The molecule has 0 fully saturated rings. The van der Waals surface area contributed by atoms with Crippen LogP contribution in [0.15, 0.2) is 35.5 Å². The van der Waals surface area contributed by atoms with E-state index in [1.54, 1.807) is 0 Å². The van der Waals surface area contributed by atoms with Gasteiger partial charge in [-0.2, -0.15) is 18.3 Å². The van der Waals surface area contributed by atoms with Gasteiger partial charge in [0.2, 0.25) is 5.16 Å². The second-order valence-corrected chi connectivity index (χ2v) is 6.41.